The van der Waals surface area contributed by atoms with E-state index < -0.39 is 20.9 Å². The second-order valence-corrected chi connectivity index (χ2v) is 12.9. The average molecular weight is 540 g/mol. The second kappa shape index (κ2) is 10.5. The van der Waals surface area contributed by atoms with Crippen LogP contribution in [0.5, 0.6) is 0 Å². The molecule has 2 aromatic heterocycles. The summed E-state index contributed by atoms with van der Waals surface area (Å²) >= 11 is 6.29. The summed E-state index contributed by atoms with van der Waals surface area (Å²) < 4.78 is 35.2. The first-order valence-corrected chi connectivity index (χ1v) is 14.1. The molecule has 2 aliphatic rings. The van der Waals surface area contributed by atoms with Crippen molar-refractivity contribution in [2.24, 2.45) is 7.05 Å². The number of amides is 1. The Morgan fingerprint density at radius 3 is 2.36 bits per heavy atom. The highest BCUT2D eigenvalue weighted by Crippen LogP contribution is 2.28. The summed E-state index contributed by atoms with van der Waals surface area (Å²) in [6.45, 7) is 7.07. The predicted octanol–water partition coefficient (Wildman–Crippen LogP) is 3.14. The number of likely N-dealkylation sites (tertiary alicyclic amines) is 1. The van der Waals surface area contributed by atoms with Crippen molar-refractivity contribution in [3.8, 4) is 11.3 Å². The Morgan fingerprint density at radius 2 is 1.78 bits per heavy atom. The van der Waals surface area contributed by atoms with Gasteiger partial charge in [0.15, 0.2) is 0 Å². The minimum Gasteiger partial charge on any atom is -0.444 e. The fourth-order valence-electron chi connectivity index (χ4n) is 4.49. The highest BCUT2D eigenvalue weighted by atomic mass is 35.5. The van der Waals surface area contributed by atoms with E-state index in [1.54, 1.807) is 26.3 Å². The van der Waals surface area contributed by atoms with Gasteiger partial charge in [-0.25, -0.2) is 27.5 Å². The third-order valence-corrected chi connectivity index (χ3v) is 9.06. The number of piperidine rings is 2. The maximum Gasteiger partial charge on any atom is 0.410 e. The number of hydrogen-bond donors (Lipinski definition) is 1. The molecule has 11 nitrogen and oxygen atoms in total. The number of ether oxygens (including phenoxy) is 1. The Morgan fingerprint density at radius 1 is 1.11 bits per heavy atom. The van der Waals surface area contributed by atoms with Gasteiger partial charge in [0.05, 0.1) is 28.4 Å². The third kappa shape index (κ3) is 6.27. The number of nitrogens with one attached hydrogen (secondary N) is 1. The highest BCUT2D eigenvalue weighted by molar-refractivity contribution is 7.89. The summed E-state index contributed by atoms with van der Waals surface area (Å²) in [5.74, 6) is 0.453. The molecule has 0 aromatic carbocycles. The smallest absolute Gasteiger partial charge is 0.410 e. The number of aromatic nitrogens is 4. The number of nitrogens with zero attached hydrogens (tertiary/aromatic N) is 6. The van der Waals surface area contributed by atoms with Crippen LogP contribution >= 0.6 is 11.6 Å². The molecule has 0 atom stereocenters. The molecule has 2 aromatic rings. The molecule has 0 aliphatic carbocycles. The van der Waals surface area contributed by atoms with Crippen molar-refractivity contribution in [2.75, 3.05) is 31.5 Å². The molecule has 0 radical (unpaired) electrons. The van der Waals surface area contributed by atoms with Crippen molar-refractivity contribution in [2.45, 2.75) is 63.3 Å². The first kappa shape index (κ1) is 26.6. The van der Waals surface area contributed by atoms with E-state index in [2.05, 4.69) is 20.4 Å². The van der Waals surface area contributed by atoms with Crippen LogP contribution in [0, 0.1) is 0 Å². The van der Waals surface area contributed by atoms with Gasteiger partial charge in [0.25, 0.3) is 0 Å². The number of carbonyl (C=O) groups is 1. The molecule has 2 saturated heterocycles. The van der Waals surface area contributed by atoms with E-state index in [-0.39, 0.29) is 12.1 Å². The Kier molecular flexibility index (Phi) is 7.77. The lowest BCUT2D eigenvalue weighted by Crippen LogP contribution is -2.50. The summed E-state index contributed by atoms with van der Waals surface area (Å²) in [6.07, 6.45) is 6.81. The zero-order valence-corrected chi connectivity index (χ0v) is 22.7. The third-order valence-electron chi connectivity index (χ3n) is 6.38. The normalized spacial score (nSPS) is 18.9. The lowest BCUT2D eigenvalue weighted by atomic mass is 10.1. The van der Waals surface area contributed by atoms with E-state index in [4.69, 9.17) is 16.3 Å². The molecule has 198 valence electrons. The molecule has 0 saturated carbocycles. The molecule has 1 amide bonds. The Hall–Kier alpha value is -2.44. The zero-order valence-electron chi connectivity index (χ0n) is 21.1. The van der Waals surface area contributed by atoms with Crippen molar-refractivity contribution < 1.29 is 17.9 Å². The SMILES string of the molecule is Cn1cc(-c2nc(NC3CCN(S(=O)(=O)C4CCN(C(=O)OC(C)(C)C)CC4)CC3)ncc2Cl)cn1. The standard InChI is InChI=1S/C23H34ClN7O4S/c1-23(2,3)35-22(32)30-9-7-18(8-10-30)36(33,34)31-11-5-17(6-12-31)27-21-25-14-19(24)20(28-21)16-13-26-29(4)15-16/h13-15,17-18H,5-12H2,1-4H3,(H,25,27,28). The fourth-order valence-corrected chi connectivity index (χ4v) is 6.64. The fraction of sp³-hybridized carbons (Fsp3) is 0.652. The second-order valence-electron chi connectivity index (χ2n) is 10.3. The van der Waals surface area contributed by atoms with Crippen LogP contribution in [0.3, 0.4) is 0 Å². The van der Waals surface area contributed by atoms with Crippen LogP contribution in [0.15, 0.2) is 18.6 Å². The van der Waals surface area contributed by atoms with Crippen LogP contribution in [-0.4, -0.2) is 86.5 Å². The molecule has 13 heteroatoms. The van der Waals surface area contributed by atoms with Crippen LogP contribution in [0.25, 0.3) is 11.3 Å². The summed E-state index contributed by atoms with van der Waals surface area (Å²) in [7, 11) is -1.62. The van der Waals surface area contributed by atoms with Crippen molar-refractivity contribution in [3.05, 3.63) is 23.6 Å². The lowest BCUT2D eigenvalue weighted by molar-refractivity contribution is 0.0216. The first-order chi connectivity index (χ1) is 16.9. The van der Waals surface area contributed by atoms with E-state index >= 15 is 0 Å². The number of carbonyl (C=O) groups excluding carboxylic acids is 1. The number of aryl methyl sites for hydroxylation is 1. The van der Waals surface area contributed by atoms with Gasteiger partial charge in [-0.2, -0.15) is 5.10 Å². The first-order valence-electron chi connectivity index (χ1n) is 12.2. The summed E-state index contributed by atoms with van der Waals surface area (Å²) in [5.41, 5.74) is 0.821. The van der Waals surface area contributed by atoms with Crippen LogP contribution in [0.4, 0.5) is 10.7 Å². The number of anilines is 1. The van der Waals surface area contributed by atoms with Gasteiger partial charge in [0.1, 0.15) is 5.60 Å². The van der Waals surface area contributed by atoms with E-state index in [1.807, 2.05) is 34.0 Å². The number of rotatable bonds is 5. The Bertz CT molecular complexity index is 1180. The zero-order chi connectivity index (χ0) is 26.1. The summed E-state index contributed by atoms with van der Waals surface area (Å²) in [5, 5.41) is 7.44. The molecule has 0 spiro atoms. The van der Waals surface area contributed by atoms with Gasteiger partial charge in [0.2, 0.25) is 16.0 Å². The van der Waals surface area contributed by atoms with Gasteiger partial charge in [-0.05, 0) is 46.5 Å². The molecule has 4 rings (SSSR count). The molecule has 4 heterocycles. The van der Waals surface area contributed by atoms with Gasteiger partial charge < -0.3 is 15.0 Å². The average Bonchev–Trinajstić information content (AvgIpc) is 3.25. The van der Waals surface area contributed by atoms with Crippen LogP contribution in [-0.2, 0) is 21.8 Å². The van der Waals surface area contributed by atoms with E-state index in [1.165, 1.54) is 0 Å². The quantitative estimate of drug-likeness (QED) is 0.614. The molecule has 2 aliphatic heterocycles. The molecule has 2 fully saturated rings. The maximum absolute atomic E-state index is 13.3. The monoisotopic (exact) mass is 539 g/mol. The lowest BCUT2D eigenvalue weighted by Gasteiger charge is -2.37. The van der Waals surface area contributed by atoms with Crippen LogP contribution in [0.1, 0.15) is 46.5 Å². The topological polar surface area (TPSA) is 123 Å². The van der Waals surface area contributed by atoms with Gasteiger partial charge in [0, 0.05) is 51.0 Å². The van der Waals surface area contributed by atoms with Crippen molar-refractivity contribution >= 4 is 33.7 Å². The van der Waals surface area contributed by atoms with E-state index in [0.717, 1.165) is 5.56 Å². The number of halogens is 1. The molecular weight excluding hydrogens is 506 g/mol. The van der Waals surface area contributed by atoms with E-state index in [9.17, 15) is 13.2 Å². The van der Waals surface area contributed by atoms with E-state index in [0.29, 0.717) is 68.5 Å². The van der Waals surface area contributed by atoms with Gasteiger partial charge in [-0.3, -0.25) is 4.68 Å². The van der Waals surface area contributed by atoms with Gasteiger partial charge >= 0.3 is 6.09 Å². The Labute approximate surface area is 217 Å². The number of sulfonamides is 1. The summed E-state index contributed by atoms with van der Waals surface area (Å²) in [6, 6.07) is 0.0494. The van der Waals surface area contributed by atoms with Crippen molar-refractivity contribution in [1.29, 1.82) is 0 Å². The minimum atomic E-state index is -3.44. The van der Waals surface area contributed by atoms with Gasteiger partial charge in [-0.1, -0.05) is 11.6 Å². The maximum atomic E-state index is 13.3. The highest BCUT2D eigenvalue weighted by Gasteiger charge is 2.38. The minimum absolute atomic E-state index is 0.0494. The van der Waals surface area contributed by atoms with Crippen molar-refractivity contribution in [1.82, 2.24) is 29.0 Å². The molecule has 0 bridgehead atoms. The van der Waals surface area contributed by atoms with Gasteiger partial charge in [-0.15, -0.1) is 0 Å². The predicted molar refractivity (Wildman–Crippen MR) is 137 cm³/mol. The van der Waals surface area contributed by atoms with Crippen molar-refractivity contribution in [3.63, 3.8) is 0 Å². The largest absolute Gasteiger partial charge is 0.444 e. The summed E-state index contributed by atoms with van der Waals surface area (Å²) in [4.78, 5) is 22.7. The number of hydrogen-bond acceptors (Lipinski definition) is 8. The molecule has 1 N–H and O–H groups in total. The van der Waals surface area contributed by atoms with Crippen LogP contribution in [0.2, 0.25) is 5.02 Å². The molecule has 0 unspecified atom stereocenters. The molecular formula is C23H34ClN7O4S. The molecule has 36 heavy (non-hydrogen) atoms. The van der Waals surface area contributed by atoms with Crippen LogP contribution < -0.4 is 5.32 Å². The Balaban J connectivity index is 1.30.